The summed E-state index contributed by atoms with van der Waals surface area (Å²) in [6.07, 6.45) is 6.49. The normalized spacial score (nSPS) is 22.2. The van der Waals surface area contributed by atoms with Crippen molar-refractivity contribution in [2.75, 3.05) is 68.9 Å². The fourth-order valence-corrected chi connectivity index (χ4v) is 8.05. The van der Waals surface area contributed by atoms with Crippen LogP contribution in [0.5, 0.6) is 0 Å². The molecule has 0 unspecified atom stereocenters. The summed E-state index contributed by atoms with van der Waals surface area (Å²) >= 11 is 11.5. The Morgan fingerprint density at radius 3 is 1.73 bits per heavy atom. The third-order valence-electron chi connectivity index (χ3n) is 11.2. The number of nitrogens with zero attached hydrogens (tertiary/aromatic N) is 8. The van der Waals surface area contributed by atoms with Crippen molar-refractivity contribution < 1.29 is 14.4 Å². The van der Waals surface area contributed by atoms with Gasteiger partial charge in [-0.3, -0.25) is 35.0 Å². The van der Waals surface area contributed by atoms with Crippen molar-refractivity contribution in [1.82, 2.24) is 51.0 Å². The average molecular weight is 816 g/mol. The lowest BCUT2D eigenvalue weighted by Crippen LogP contribution is -2.57. The molecule has 0 radical (unpaired) electrons. The van der Waals surface area contributed by atoms with Gasteiger partial charge in [-0.25, -0.2) is 19.9 Å². The van der Waals surface area contributed by atoms with Crippen LogP contribution in [0.1, 0.15) is 75.0 Å². The molecule has 2 aromatic rings. The Labute approximate surface area is 335 Å². The number of aliphatic imine (C=N–C) groups is 2. The van der Waals surface area contributed by atoms with Gasteiger partial charge in [0, 0.05) is 56.8 Å². The van der Waals surface area contributed by atoms with Crippen LogP contribution in [0.3, 0.4) is 0 Å². The molecule has 4 aliphatic heterocycles. The van der Waals surface area contributed by atoms with E-state index >= 15 is 0 Å². The van der Waals surface area contributed by atoms with E-state index in [1.165, 1.54) is 0 Å². The zero-order chi connectivity index (χ0) is 39.5. The monoisotopic (exact) mass is 814 g/mol. The first kappa shape index (κ1) is 42.3. The fourth-order valence-electron chi connectivity index (χ4n) is 7.80. The lowest BCUT2D eigenvalue weighted by Gasteiger charge is -2.42. The van der Waals surface area contributed by atoms with Crippen LogP contribution < -0.4 is 44.2 Å². The van der Waals surface area contributed by atoms with Gasteiger partial charge in [0.1, 0.15) is 5.69 Å². The van der Waals surface area contributed by atoms with E-state index in [2.05, 4.69) is 64.5 Å². The molecule has 6 heterocycles. The largest absolute Gasteiger partial charge is 0.382 e. The number of carbonyl (C=O) groups is 3. The Hall–Kier alpha value is -4.85. The SMILES string of the molecule is C.C=NC(=C)c1nc(Cl)c(N)nc1N.Nc1nc(N)c(C(=O)NC2=NCC3(CCN(C(=O)C4CCC(C(=O)N5CCC6(CC5)CNCN6)CC4)CC3)N2)nc1Cl. The molecule has 7 rings (SSSR count). The molecule has 1 saturated carbocycles. The maximum atomic E-state index is 13.4. The summed E-state index contributed by atoms with van der Waals surface area (Å²) < 4.78 is 0. The molecule has 0 bridgehead atoms. The smallest absolute Gasteiger partial charge is 0.280 e. The van der Waals surface area contributed by atoms with E-state index in [4.69, 9.17) is 46.1 Å². The molecule has 2 aromatic heterocycles. The molecule has 4 fully saturated rings. The molecule has 304 valence electrons. The highest BCUT2D eigenvalue weighted by atomic mass is 35.5. The highest BCUT2D eigenvalue weighted by Crippen LogP contribution is 2.35. The van der Waals surface area contributed by atoms with Gasteiger partial charge in [0.2, 0.25) is 11.8 Å². The molecular formula is C35H52Cl2N16O3. The topological polar surface area (TPSA) is 286 Å². The van der Waals surface area contributed by atoms with Crippen LogP contribution in [0.4, 0.5) is 23.3 Å². The number of likely N-dealkylation sites (tertiary alicyclic amines) is 2. The van der Waals surface area contributed by atoms with Gasteiger partial charge in [-0.1, -0.05) is 37.2 Å². The van der Waals surface area contributed by atoms with Gasteiger partial charge in [0.05, 0.1) is 17.8 Å². The summed E-state index contributed by atoms with van der Waals surface area (Å²) in [5.41, 5.74) is 22.6. The molecule has 0 aromatic carbocycles. The number of anilines is 4. The summed E-state index contributed by atoms with van der Waals surface area (Å²) in [4.78, 5) is 66.7. The number of nitrogens with one attached hydrogen (secondary N) is 4. The molecule has 2 spiro atoms. The Morgan fingerprint density at radius 1 is 0.768 bits per heavy atom. The maximum Gasteiger partial charge on any atom is 0.280 e. The first-order valence-corrected chi connectivity index (χ1v) is 19.0. The van der Waals surface area contributed by atoms with Gasteiger partial charge in [0.25, 0.3) is 5.91 Å². The number of rotatable bonds is 5. The summed E-state index contributed by atoms with van der Waals surface area (Å²) in [5.74, 6) is 0.267. The lowest BCUT2D eigenvalue weighted by atomic mass is 9.79. The summed E-state index contributed by atoms with van der Waals surface area (Å²) in [5, 5.41) is 12.9. The van der Waals surface area contributed by atoms with Crippen LogP contribution in [-0.2, 0) is 9.59 Å². The molecule has 5 aliphatic rings. The van der Waals surface area contributed by atoms with E-state index < -0.39 is 5.91 Å². The molecule has 3 saturated heterocycles. The number of nitrogens with two attached hydrogens (primary N) is 4. The number of halogens is 2. The minimum Gasteiger partial charge on any atom is -0.382 e. The molecular weight excluding hydrogens is 763 g/mol. The molecule has 0 atom stereocenters. The van der Waals surface area contributed by atoms with Crippen molar-refractivity contribution in [3.8, 4) is 0 Å². The number of guanidine groups is 1. The maximum absolute atomic E-state index is 13.4. The summed E-state index contributed by atoms with van der Waals surface area (Å²) in [6.45, 7) is 12.0. The molecule has 56 heavy (non-hydrogen) atoms. The predicted molar refractivity (Wildman–Crippen MR) is 218 cm³/mol. The van der Waals surface area contributed by atoms with E-state index in [0.29, 0.717) is 49.8 Å². The highest BCUT2D eigenvalue weighted by Gasteiger charge is 2.43. The predicted octanol–water partition coefficient (Wildman–Crippen LogP) is 1.26. The van der Waals surface area contributed by atoms with Crippen molar-refractivity contribution in [1.29, 1.82) is 0 Å². The second-order valence-electron chi connectivity index (χ2n) is 14.7. The Kier molecular flexibility index (Phi) is 13.2. The Morgan fingerprint density at radius 2 is 1.25 bits per heavy atom. The van der Waals surface area contributed by atoms with Gasteiger partial charge in [-0.2, -0.15) is 0 Å². The quantitative estimate of drug-likeness (QED) is 0.197. The molecule has 21 heteroatoms. The number of hydrogen-bond donors (Lipinski definition) is 8. The third kappa shape index (κ3) is 9.22. The number of nitrogen functional groups attached to an aromatic ring is 4. The zero-order valence-electron chi connectivity index (χ0n) is 30.5. The minimum absolute atomic E-state index is 0. The second-order valence-corrected chi connectivity index (χ2v) is 15.4. The molecule has 1 aliphatic carbocycles. The van der Waals surface area contributed by atoms with Crippen LogP contribution >= 0.6 is 23.2 Å². The van der Waals surface area contributed by atoms with Crippen LogP contribution in [0.25, 0.3) is 5.70 Å². The first-order valence-electron chi connectivity index (χ1n) is 18.2. The van der Waals surface area contributed by atoms with E-state index in [-0.39, 0.29) is 81.4 Å². The third-order valence-corrected chi connectivity index (χ3v) is 11.7. The number of carbonyl (C=O) groups excluding carboxylic acids is 3. The number of hydrogen-bond acceptors (Lipinski definition) is 16. The average Bonchev–Trinajstić information content (AvgIpc) is 3.81. The van der Waals surface area contributed by atoms with Gasteiger partial charge >= 0.3 is 0 Å². The van der Waals surface area contributed by atoms with Crippen LogP contribution in [0.15, 0.2) is 16.6 Å². The van der Waals surface area contributed by atoms with E-state index in [0.717, 1.165) is 64.8 Å². The Bertz CT molecular complexity index is 1860. The van der Waals surface area contributed by atoms with E-state index in [1.807, 2.05) is 9.80 Å². The number of amides is 3. The van der Waals surface area contributed by atoms with Crippen molar-refractivity contribution >= 4 is 82.6 Å². The van der Waals surface area contributed by atoms with Crippen LogP contribution in [-0.4, -0.2) is 117 Å². The van der Waals surface area contributed by atoms with Gasteiger partial charge in [0.15, 0.2) is 45.2 Å². The van der Waals surface area contributed by atoms with E-state index in [9.17, 15) is 14.4 Å². The summed E-state index contributed by atoms with van der Waals surface area (Å²) in [6, 6.07) is 0. The summed E-state index contributed by atoms with van der Waals surface area (Å²) in [7, 11) is 0. The number of aromatic nitrogens is 4. The van der Waals surface area contributed by atoms with Gasteiger partial charge in [-0.05, 0) is 58.1 Å². The van der Waals surface area contributed by atoms with Crippen molar-refractivity contribution in [3.63, 3.8) is 0 Å². The molecule has 19 nitrogen and oxygen atoms in total. The fraction of sp³-hybridized carbons (Fsp3) is 0.571. The number of piperidine rings is 2. The highest BCUT2D eigenvalue weighted by molar-refractivity contribution is 6.32. The van der Waals surface area contributed by atoms with Crippen molar-refractivity contribution in [3.05, 3.63) is 28.3 Å². The van der Waals surface area contributed by atoms with Crippen molar-refractivity contribution in [2.24, 2.45) is 21.8 Å². The minimum atomic E-state index is -0.584. The molecule has 12 N–H and O–H groups in total. The van der Waals surface area contributed by atoms with Crippen LogP contribution in [0, 0.1) is 11.8 Å². The van der Waals surface area contributed by atoms with E-state index in [1.54, 1.807) is 0 Å². The second kappa shape index (κ2) is 17.5. The Balaban J connectivity index is 0.000000366. The van der Waals surface area contributed by atoms with Gasteiger partial charge < -0.3 is 43.4 Å². The van der Waals surface area contributed by atoms with Crippen molar-refractivity contribution in [2.45, 2.75) is 69.9 Å². The lowest BCUT2D eigenvalue weighted by molar-refractivity contribution is -0.143. The standard InChI is InChI=1S/C27H40ClN11O3.C7H8ClN5.CH4/c28-19-21(30)35-20(29)18(34-19)22(40)36-25-32-14-27(37-25)7-11-39(12-8-27)24(42)17-3-1-16(2-4-17)23(41)38-9-5-26(6-10-38)13-31-15-33-26;1-3(11-2)4-6(9)13-7(10)5(8)12-4;/h16-17,31,33H,1-15H2,(H4,29,30,35)(H2,32,36,37,40);1-2H2,(H4,9,10,13);1H4. The molecule has 3 amide bonds. The van der Waals surface area contributed by atoms with Gasteiger partial charge in [-0.15, -0.1) is 0 Å². The van der Waals surface area contributed by atoms with Crippen LogP contribution in [0.2, 0.25) is 10.3 Å². The zero-order valence-corrected chi connectivity index (χ0v) is 32.1. The first-order chi connectivity index (χ1) is 26.2.